The maximum Gasteiger partial charge on any atom is 0.228 e. The molecule has 2 saturated heterocycles. The summed E-state index contributed by atoms with van der Waals surface area (Å²) >= 11 is 6.09. The Morgan fingerprint density at radius 1 is 1.08 bits per heavy atom. The molecule has 25 heavy (non-hydrogen) atoms. The first-order valence-electron chi connectivity index (χ1n) is 8.97. The van der Waals surface area contributed by atoms with Crippen LogP contribution in [0.2, 0.25) is 5.02 Å². The molecular formula is C21H23ClN2O. The SMILES string of the molecule is O=C1NC2(CCN(Cc3cccc(Cl)c3)CC2)C[C@H]1c1ccccc1. The van der Waals surface area contributed by atoms with E-state index in [0.29, 0.717) is 0 Å². The largest absolute Gasteiger partial charge is 0.350 e. The predicted octanol–water partition coefficient (Wildman–Crippen LogP) is 3.98. The Hall–Kier alpha value is -1.84. The third-order valence-electron chi connectivity index (χ3n) is 5.61. The second-order valence-corrected chi connectivity index (χ2v) is 7.78. The lowest BCUT2D eigenvalue weighted by molar-refractivity contribution is -0.121. The molecular weight excluding hydrogens is 332 g/mol. The summed E-state index contributed by atoms with van der Waals surface area (Å²) < 4.78 is 0. The van der Waals surface area contributed by atoms with Gasteiger partial charge in [-0.2, -0.15) is 0 Å². The van der Waals surface area contributed by atoms with Gasteiger partial charge in [-0.15, -0.1) is 0 Å². The topological polar surface area (TPSA) is 32.3 Å². The van der Waals surface area contributed by atoms with E-state index in [0.717, 1.165) is 49.5 Å². The smallest absolute Gasteiger partial charge is 0.228 e. The number of hydrogen-bond acceptors (Lipinski definition) is 2. The minimum Gasteiger partial charge on any atom is -0.350 e. The molecule has 2 aromatic rings. The zero-order valence-corrected chi connectivity index (χ0v) is 15.0. The van der Waals surface area contributed by atoms with Crippen LogP contribution in [0.5, 0.6) is 0 Å². The molecule has 4 heteroatoms. The first-order chi connectivity index (χ1) is 12.1. The summed E-state index contributed by atoms with van der Waals surface area (Å²) in [6.45, 7) is 2.94. The maximum absolute atomic E-state index is 12.5. The molecule has 4 rings (SSSR count). The number of hydrogen-bond donors (Lipinski definition) is 1. The number of nitrogens with one attached hydrogen (secondary N) is 1. The van der Waals surface area contributed by atoms with Gasteiger partial charge in [0.25, 0.3) is 0 Å². The van der Waals surface area contributed by atoms with Gasteiger partial charge >= 0.3 is 0 Å². The molecule has 2 fully saturated rings. The molecule has 1 spiro atoms. The van der Waals surface area contributed by atoms with Crippen molar-refractivity contribution in [1.82, 2.24) is 10.2 Å². The molecule has 0 aliphatic carbocycles. The summed E-state index contributed by atoms with van der Waals surface area (Å²) in [5.41, 5.74) is 2.36. The first kappa shape index (κ1) is 16.6. The van der Waals surface area contributed by atoms with E-state index in [9.17, 15) is 4.79 Å². The molecule has 0 unspecified atom stereocenters. The van der Waals surface area contributed by atoms with Gasteiger partial charge in [-0.1, -0.05) is 54.1 Å². The number of carbonyl (C=O) groups is 1. The minimum atomic E-state index is -0.0254. The van der Waals surface area contributed by atoms with Crippen LogP contribution in [0.3, 0.4) is 0 Å². The molecule has 0 aromatic heterocycles. The highest BCUT2D eigenvalue weighted by Crippen LogP contribution is 2.39. The fourth-order valence-corrected chi connectivity index (χ4v) is 4.41. The van der Waals surface area contributed by atoms with Gasteiger partial charge in [0.2, 0.25) is 5.91 Å². The molecule has 1 atom stereocenters. The van der Waals surface area contributed by atoms with Crippen molar-refractivity contribution in [2.75, 3.05) is 13.1 Å². The minimum absolute atomic E-state index is 0.000630. The highest BCUT2D eigenvalue weighted by atomic mass is 35.5. The van der Waals surface area contributed by atoms with E-state index in [1.807, 2.05) is 36.4 Å². The fourth-order valence-electron chi connectivity index (χ4n) is 4.20. The van der Waals surface area contributed by atoms with Gasteiger partial charge in [0.1, 0.15) is 0 Å². The summed E-state index contributed by atoms with van der Waals surface area (Å²) in [6, 6.07) is 18.2. The lowest BCUT2D eigenvalue weighted by Crippen LogP contribution is -2.50. The van der Waals surface area contributed by atoms with Crippen molar-refractivity contribution in [2.24, 2.45) is 0 Å². The highest BCUT2D eigenvalue weighted by molar-refractivity contribution is 6.30. The van der Waals surface area contributed by atoms with Gasteiger partial charge in [-0.3, -0.25) is 9.69 Å². The molecule has 3 nitrogen and oxygen atoms in total. The Morgan fingerprint density at radius 2 is 1.84 bits per heavy atom. The van der Waals surface area contributed by atoms with Crippen molar-refractivity contribution in [3.8, 4) is 0 Å². The van der Waals surface area contributed by atoms with E-state index in [2.05, 4.69) is 28.4 Å². The van der Waals surface area contributed by atoms with Crippen LogP contribution in [-0.2, 0) is 11.3 Å². The van der Waals surface area contributed by atoms with Crippen LogP contribution in [0.15, 0.2) is 54.6 Å². The maximum atomic E-state index is 12.5. The van der Waals surface area contributed by atoms with E-state index in [-0.39, 0.29) is 17.4 Å². The first-order valence-corrected chi connectivity index (χ1v) is 9.35. The monoisotopic (exact) mass is 354 g/mol. The number of likely N-dealkylation sites (tertiary alicyclic amines) is 1. The summed E-state index contributed by atoms with van der Waals surface area (Å²) in [6.07, 6.45) is 2.95. The Labute approximate surface area is 154 Å². The molecule has 2 heterocycles. The lowest BCUT2D eigenvalue weighted by atomic mass is 9.82. The number of nitrogens with zero attached hydrogens (tertiary/aromatic N) is 1. The molecule has 0 bridgehead atoms. The molecule has 0 saturated carbocycles. The van der Waals surface area contributed by atoms with Crippen LogP contribution in [0.4, 0.5) is 0 Å². The third-order valence-corrected chi connectivity index (χ3v) is 5.85. The Bertz CT molecular complexity index is 754. The summed E-state index contributed by atoms with van der Waals surface area (Å²) in [5, 5.41) is 4.12. The molecule has 0 radical (unpaired) electrons. The van der Waals surface area contributed by atoms with Crippen molar-refractivity contribution in [1.29, 1.82) is 0 Å². The van der Waals surface area contributed by atoms with E-state index >= 15 is 0 Å². The van der Waals surface area contributed by atoms with Crippen LogP contribution in [0.1, 0.15) is 36.3 Å². The Morgan fingerprint density at radius 3 is 2.56 bits per heavy atom. The van der Waals surface area contributed by atoms with Gasteiger partial charge in [-0.05, 0) is 42.5 Å². The zero-order chi connectivity index (χ0) is 17.3. The normalized spacial score (nSPS) is 22.9. The van der Waals surface area contributed by atoms with Crippen LogP contribution in [0.25, 0.3) is 0 Å². The molecule has 1 N–H and O–H groups in total. The molecule has 2 aliphatic rings. The van der Waals surface area contributed by atoms with Crippen LogP contribution >= 0.6 is 11.6 Å². The van der Waals surface area contributed by atoms with Crippen molar-refractivity contribution in [2.45, 2.75) is 37.3 Å². The highest BCUT2D eigenvalue weighted by Gasteiger charge is 2.45. The quantitative estimate of drug-likeness (QED) is 0.904. The van der Waals surface area contributed by atoms with Gasteiger partial charge in [-0.25, -0.2) is 0 Å². The van der Waals surface area contributed by atoms with Crippen molar-refractivity contribution in [3.05, 3.63) is 70.7 Å². The number of halogens is 1. The average Bonchev–Trinajstić information content (AvgIpc) is 2.94. The third kappa shape index (κ3) is 3.58. The average molecular weight is 355 g/mol. The number of piperidine rings is 1. The standard InChI is InChI=1S/C21H23ClN2O/c22-18-8-4-5-16(13-18)15-24-11-9-21(10-12-24)14-19(20(25)23-21)17-6-2-1-3-7-17/h1-8,13,19H,9-12,14-15H2,(H,23,25)/t19-/m0/s1. The Balaban J connectivity index is 1.39. The summed E-state index contributed by atoms with van der Waals surface area (Å²) in [7, 11) is 0. The molecule has 130 valence electrons. The van der Waals surface area contributed by atoms with E-state index in [1.165, 1.54) is 5.56 Å². The molecule has 2 aliphatic heterocycles. The Kier molecular flexibility index (Phi) is 4.53. The van der Waals surface area contributed by atoms with E-state index in [4.69, 9.17) is 11.6 Å². The van der Waals surface area contributed by atoms with E-state index in [1.54, 1.807) is 0 Å². The zero-order valence-electron chi connectivity index (χ0n) is 14.2. The molecule has 1 amide bonds. The predicted molar refractivity (Wildman–Crippen MR) is 101 cm³/mol. The lowest BCUT2D eigenvalue weighted by Gasteiger charge is -2.39. The van der Waals surface area contributed by atoms with Crippen LogP contribution in [-0.4, -0.2) is 29.4 Å². The summed E-state index contributed by atoms with van der Waals surface area (Å²) in [5.74, 6) is 0.190. The number of benzene rings is 2. The summed E-state index contributed by atoms with van der Waals surface area (Å²) in [4.78, 5) is 15.0. The molecule has 2 aromatic carbocycles. The number of amides is 1. The van der Waals surface area contributed by atoms with Gasteiger partial charge in [0.05, 0.1) is 5.92 Å². The second kappa shape index (κ2) is 6.81. The van der Waals surface area contributed by atoms with Crippen molar-refractivity contribution in [3.63, 3.8) is 0 Å². The van der Waals surface area contributed by atoms with Gasteiger partial charge < -0.3 is 5.32 Å². The van der Waals surface area contributed by atoms with E-state index < -0.39 is 0 Å². The van der Waals surface area contributed by atoms with Gasteiger partial charge in [0.15, 0.2) is 0 Å². The van der Waals surface area contributed by atoms with Gasteiger partial charge in [0, 0.05) is 30.2 Å². The van der Waals surface area contributed by atoms with Crippen LogP contribution < -0.4 is 5.32 Å². The van der Waals surface area contributed by atoms with Crippen LogP contribution in [0, 0.1) is 0 Å². The number of rotatable bonds is 3. The second-order valence-electron chi connectivity index (χ2n) is 7.34. The number of carbonyl (C=O) groups excluding carboxylic acids is 1. The van der Waals surface area contributed by atoms with Crippen molar-refractivity contribution < 1.29 is 4.79 Å². The fraction of sp³-hybridized carbons (Fsp3) is 0.381. The van der Waals surface area contributed by atoms with Crippen molar-refractivity contribution >= 4 is 17.5 Å².